The van der Waals surface area contributed by atoms with Gasteiger partial charge in [0.1, 0.15) is 48.3 Å². The van der Waals surface area contributed by atoms with Crippen molar-refractivity contribution in [3.63, 3.8) is 0 Å². The Hall–Kier alpha value is -3.54. The number of phosphoric ester groups is 1. The van der Waals surface area contributed by atoms with Gasteiger partial charge in [-0.2, -0.15) is 4.98 Å². The number of aliphatic hydroxyl groups is 1. The van der Waals surface area contributed by atoms with E-state index in [0.717, 1.165) is 0 Å². The van der Waals surface area contributed by atoms with Crippen LogP contribution in [-0.4, -0.2) is 114 Å². The second kappa shape index (κ2) is 15.6. The van der Waals surface area contributed by atoms with Crippen LogP contribution in [0.2, 0.25) is 0 Å². The summed E-state index contributed by atoms with van der Waals surface area (Å²) in [5.41, 5.74) is 9.64. The lowest BCUT2D eigenvalue weighted by Gasteiger charge is -2.35. The van der Waals surface area contributed by atoms with Gasteiger partial charge in [-0.25, -0.2) is 29.1 Å². The number of ether oxygens (including phenoxy) is 3. The Morgan fingerprint density at radius 2 is 1.84 bits per heavy atom. The smallest absolute Gasteiger partial charge is 0.454 e. The van der Waals surface area contributed by atoms with Crippen LogP contribution in [0.25, 0.3) is 22.3 Å². The van der Waals surface area contributed by atoms with Crippen LogP contribution in [0.1, 0.15) is 53.3 Å². The minimum atomic E-state index is -4.58. The summed E-state index contributed by atoms with van der Waals surface area (Å²) in [6.07, 6.45) is -3.61. The lowest BCUT2D eigenvalue weighted by Crippen LogP contribution is -2.39. The van der Waals surface area contributed by atoms with Gasteiger partial charge in [-0.15, -0.1) is 0 Å². The predicted molar refractivity (Wildman–Crippen MR) is 201 cm³/mol. The molecular formula is C31H44N10O13P2S. The number of aliphatic hydroxyl groups excluding tert-OH is 1. The molecule has 3 aliphatic rings. The van der Waals surface area contributed by atoms with Crippen molar-refractivity contribution in [1.29, 1.82) is 0 Å². The number of nitrogens with zero attached hydrogens (tertiary/aromatic N) is 7. The second-order valence-corrected chi connectivity index (χ2v) is 20.5. The quantitative estimate of drug-likeness (QED) is 0.112. The Morgan fingerprint density at radius 3 is 2.56 bits per heavy atom. The SMILES string of the molecule is CCOP1(=O)OC[C@@]2(C)C[C@@H](n3cnc4c(N)ncnc43)[C@H](O)[C@@H]2OP(=O)(SCOC(=O)C(C)(C)C)OC[C@H]2O[C@@H](n3cnc4c(=O)[nH]c(N)nc43)[C@H](O1)[C@@H]2OC. The first-order valence-corrected chi connectivity index (χ1v) is 22.3. The van der Waals surface area contributed by atoms with Crippen LogP contribution < -0.4 is 17.0 Å². The molecule has 4 aromatic heterocycles. The van der Waals surface area contributed by atoms with E-state index < -0.39 is 98.9 Å². The number of nitrogens with one attached hydrogen (secondary N) is 1. The zero-order chi connectivity index (χ0) is 41.1. The molecular weight excluding hydrogens is 814 g/mol. The molecule has 2 bridgehead atoms. The Labute approximate surface area is 328 Å². The van der Waals surface area contributed by atoms with Crippen molar-refractivity contribution < 1.29 is 55.9 Å². The molecule has 7 rings (SSSR count). The summed E-state index contributed by atoms with van der Waals surface area (Å²) in [5, 5.41) is 12.0. The highest BCUT2D eigenvalue weighted by Gasteiger charge is 2.58. The maximum Gasteiger partial charge on any atom is 0.475 e. The van der Waals surface area contributed by atoms with Crippen LogP contribution in [0.4, 0.5) is 11.8 Å². The number of nitrogen functional groups attached to an aromatic ring is 2. The van der Waals surface area contributed by atoms with E-state index in [1.165, 1.54) is 30.7 Å². The molecule has 0 spiro atoms. The summed E-state index contributed by atoms with van der Waals surface area (Å²) in [7, 11) is -3.24. The number of aromatic amines is 1. The number of methoxy groups -OCH3 is 1. The molecule has 3 fully saturated rings. The second-order valence-electron chi connectivity index (χ2n) is 14.9. The molecule has 1 aliphatic carbocycles. The van der Waals surface area contributed by atoms with Crippen molar-refractivity contribution in [2.24, 2.45) is 10.8 Å². The number of H-pyrrole nitrogens is 1. The molecule has 0 radical (unpaired) electrons. The first-order valence-electron chi connectivity index (χ1n) is 17.7. The minimum absolute atomic E-state index is 0.00478. The van der Waals surface area contributed by atoms with Gasteiger partial charge in [0, 0.05) is 23.9 Å². The average molecular weight is 859 g/mol. The average Bonchev–Trinajstić information content (AvgIpc) is 3.90. The summed E-state index contributed by atoms with van der Waals surface area (Å²) in [4.78, 5) is 48.8. The number of carbonyl (C=O) groups excluding carboxylic acids is 1. The van der Waals surface area contributed by atoms with Crippen LogP contribution in [0, 0.1) is 10.8 Å². The molecule has 0 aromatic carbocycles. The zero-order valence-corrected chi connectivity index (χ0v) is 34.3. The van der Waals surface area contributed by atoms with Crippen LogP contribution >= 0.6 is 26.0 Å². The number of hydrogen-bond acceptors (Lipinski definition) is 21. The van der Waals surface area contributed by atoms with E-state index in [1.807, 2.05) is 0 Å². The highest BCUT2D eigenvalue weighted by atomic mass is 32.7. The molecule has 23 nitrogen and oxygen atoms in total. The molecule has 4 aromatic rings. The van der Waals surface area contributed by atoms with Crippen molar-refractivity contribution in [2.75, 3.05) is 44.3 Å². The molecule has 2 saturated heterocycles. The van der Waals surface area contributed by atoms with E-state index in [-0.39, 0.29) is 36.0 Å². The van der Waals surface area contributed by atoms with Crippen molar-refractivity contribution in [1.82, 2.24) is 39.0 Å². The number of imidazole rings is 2. The third-order valence-electron chi connectivity index (χ3n) is 9.84. The van der Waals surface area contributed by atoms with Gasteiger partial charge in [0.15, 0.2) is 28.9 Å². The van der Waals surface area contributed by atoms with Crippen LogP contribution in [0.15, 0.2) is 23.8 Å². The van der Waals surface area contributed by atoms with Gasteiger partial charge >= 0.3 is 20.6 Å². The van der Waals surface area contributed by atoms with Crippen molar-refractivity contribution in [3.8, 4) is 0 Å². The Bertz CT molecular complexity index is 2300. The fourth-order valence-corrected chi connectivity index (χ4v) is 11.4. The lowest BCUT2D eigenvalue weighted by atomic mass is 9.87. The molecule has 312 valence electrons. The summed E-state index contributed by atoms with van der Waals surface area (Å²) in [5.74, 6) is -1.12. The van der Waals surface area contributed by atoms with Gasteiger partial charge < -0.3 is 35.4 Å². The van der Waals surface area contributed by atoms with Crippen LogP contribution in [0.5, 0.6) is 0 Å². The van der Waals surface area contributed by atoms with Crippen molar-refractivity contribution in [2.45, 2.75) is 83.8 Å². The van der Waals surface area contributed by atoms with E-state index >= 15 is 0 Å². The number of fused-ring (bicyclic) bond motifs is 5. The molecule has 2 aliphatic heterocycles. The molecule has 57 heavy (non-hydrogen) atoms. The van der Waals surface area contributed by atoms with Gasteiger partial charge in [0.25, 0.3) is 5.56 Å². The third-order valence-corrected chi connectivity index (χ3v) is 14.7. The Kier molecular flexibility index (Phi) is 11.4. The van der Waals surface area contributed by atoms with E-state index in [2.05, 4.69) is 29.9 Å². The fraction of sp³-hybridized carbons (Fsp3) is 0.645. The predicted octanol–water partition coefficient (Wildman–Crippen LogP) is 2.70. The molecule has 26 heteroatoms. The van der Waals surface area contributed by atoms with Gasteiger partial charge in [-0.1, -0.05) is 6.92 Å². The first-order chi connectivity index (χ1) is 26.9. The molecule has 0 amide bonds. The normalized spacial score (nSPS) is 33.8. The topological polar surface area (TPSA) is 304 Å². The highest BCUT2D eigenvalue weighted by molar-refractivity contribution is 8.55. The summed E-state index contributed by atoms with van der Waals surface area (Å²) in [6, 6.07) is -0.834. The van der Waals surface area contributed by atoms with E-state index in [1.54, 1.807) is 39.2 Å². The number of nitrogens with two attached hydrogens (primary N) is 2. The monoisotopic (exact) mass is 858 g/mol. The minimum Gasteiger partial charge on any atom is -0.454 e. The van der Waals surface area contributed by atoms with E-state index in [9.17, 15) is 23.8 Å². The number of rotatable bonds is 8. The van der Waals surface area contributed by atoms with Crippen LogP contribution in [0.3, 0.4) is 0 Å². The van der Waals surface area contributed by atoms with Crippen LogP contribution in [-0.2, 0) is 50.8 Å². The zero-order valence-electron chi connectivity index (χ0n) is 31.7. The summed E-state index contributed by atoms with van der Waals surface area (Å²) >= 11 is 0.575. The first kappa shape index (κ1) is 41.6. The number of hydrogen-bond donors (Lipinski definition) is 4. The fourth-order valence-electron chi connectivity index (χ4n) is 7.02. The summed E-state index contributed by atoms with van der Waals surface area (Å²) in [6.45, 7) is 2.72. The van der Waals surface area contributed by atoms with Crippen molar-refractivity contribution in [3.05, 3.63) is 29.3 Å². The summed E-state index contributed by atoms with van der Waals surface area (Å²) < 4.78 is 80.6. The number of esters is 1. The largest absolute Gasteiger partial charge is 0.475 e. The molecule has 1 saturated carbocycles. The van der Waals surface area contributed by atoms with Gasteiger partial charge in [-0.3, -0.25) is 41.8 Å². The van der Waals surface area contributed by atoms with E-state index in [0.29, 0.717) is 22.5 Å². The maximum absolute atomic E-state index is 15.0. The lowest BCUT2D eigenvalue weighted by molar-refractivity contribution is -0.150. The highest BCUT2D eigenvalue weighted by Crippen LogP contribution is 2.66. The third kappa shape index (κ3) is 7.97. The van der Waals surface area contributed by atoms with Gasteiger partial charge in [-0.05, 0) is 34.1 Å². The number of anilines is 2. The number of phosphoric acid groups is 1. The standard InChI is InChI=1S/C31H44N10O13P2S/c1-7-49-55(45)51-10-31(5)8-15(40-12-36-17-23(32)34-11-35-24(17)40)19(42)22(31)54-56(46,57-14-48-28(44)30(2,3)4)50-9-16-20(47-6)21(53-55)27(52-16)41-13-37-18-25(41)38-29(33)39-26(18)43/h11-13,15-16,19-22,27,42H,7-10,14H2,1-6H3,(H2,32,34,35)(H3,33,38,39,43)/t15-,16-,19+,20-,21-,22+,27-,31-,55?,56?/m1/s1. The van der Waals surface area contributed by atoms with Crippen molar-refractivity contribution >= 4 is 66.1 Å². The van der Waals surface area contributed by atoms with Gasteiger partial charge in [0.2, 0.25) is 5.95 Å². The Balaban J connectivity index is 1.30. The molecule has 10 atom stereocenters. The number of aromatic nitrogens is 8. The van der Waals surface area contributed by atoms with E-state index in [4.69, 9.17) is 48.3 Å². The van der Waals surface area contributed by atoms with Gasteiger partial charge in [0.05, 0.1) is 43.9 Å². The molecule has 6 heterocycles. The number of carbonyl (C=O) groups is 1. The maximum atomic E-state index is 15.0. The molecule has 2 unspecified atom stereocenters. The Morgan fingerprint density at radius 1 is 1.11 bits per heavy atom. The molecule has 6 N–H and O–H groups in total.